The molecule has 0 aromatic heterocycles. The molecule has 0 saturated carbocycles. The maximum atomic E-state index is 12.7. The van der Waals surface area contributed by atoms with Gasteiger partial charge in [0, 0.05) is 6.04 Å². The second-order valence-electron chi connectivity index (χ2n) is 4.01. The molecule has 0 bridgehead atoms. The van der Waals surface area contributed by atoms with Gasteiger partial charge in [-0.1, -0.05) is 30.3 Å². The minimum atomic E-state index is -4.08. The number of hydrogen-bond acceptors (Lipinski definition) is 2. The van der Waals surface area contributed by atoms with E-state index < -0.39 is 31.5 Å². The normalized spacial score (nSPS) is 13.9. The largest absolute Gasteiger partial charge is 0.395 e. The zero-order valence-corrected chi connectivity index (χ0v) is 9.62. The van der Waals surface area contributed by atoms with Crippen molar-refractivity contribution < 1.29 is 22.7 Å². The highest BCUT2D eigenvalue weighted by atomic mass is 19.3. The minimum absolute atomic E-state index is 0.302. The monoisotopic (exact) mass is 265 g/mol. The van der Waals surface area contributed by atoms with E-state index in [-0.39, 0.29) is 0 Å². The molecule has 1 aromatic carbocycles. The molecule has 2 nitrogen and oxygen atoms in total. The van der Waals surface area contributed by atoms with Crippen LogP contribution < -0.4 is 5.32 Å². The highest BCUT2D eigenvalue weighted by molar-refractivity contribution is 5.15. The van der Waals surface area contributed by atoms with Crippen molar-refractivity contribution in [3.8, 4) is 0 Å². The molecule has 1 rings (SSSR count). The Hall–Kier alpha value is -1.14. The summed E-state index contributed by atoms with van der Waals surface area (Å²) in [6.07, 6.45) is -3.41. The molecule has 0 aliphatic carbocycles. The fourth-order valence-corrected chi connectivity index (χ4v) is 1.46. The first-order valence-electron chi connectivity index (χ1n) is 5.50. The Morgan fingerprint density at radius 3 is 2.28 bits per heavy atom. The first-order valence-corrected chi connectivity index (χ1v) is 5.50. The summed E-state index contributed by atoms with van der Waals surface area (Å²) in [5.74, 6) is -4.08. The van der Waals surface area contributed by atoms with Crippen molar-refractivity contribution in [1.82, 2.24) is 5.32 Å². The van der Waals surface area contributed by atoms with Crippen LogP contribution in [0, 0.1) is 0 Å². The van der Waals surface area contributed by atoms with E-state index in [0.717, 1.165) is 5.56 Å². The first-order chi connectivity index (χ1) is 8.45. The van der Waals surface area contributed by atoms with Crippen LogP contribution in [0.3, 0.4) is 0 Å². The van der Waals surface area contributed by atoms with Gasteiger partial charge in [-0.3, -0.25) is 0 Å². The molecule has 18 heavy (non-hydrogen) atoms. The van der Waals surface area contributed by atoms with Crippen LogP contribution in [0.15, 0.2) is 30.3 Å². The summed E-state index contributed by atoms with van der Waals surface area (Å²) in [4.78, 5) is 0. The van der Waals surface area contributed by atoms with Crippen molar-refractivity contribution in [2.24, 2.45) is 0 Å². The topological polar surface area (TPSA) is 32.3 Å². The molecular weight excluding hydrogens is 250 g/mol. The van der Waals surface area contributed by atoms with Crippen LogP contribution >= 0.6 is 0 Å². The van der Waals surface area contributed by atoms with E-state index in [4.69, 9.17) is 5.11 Å². The lowest BCUT2D eigenvalue weighted by atomic mass is 10.1. The molecule has 0 spiro atoms. The van der Waals surface area contributed by atoms with E-state index in [1.165, 1.54) is 0 Å². The average Bonchev–Trinajstić information content (AvgIpc) is 2.35. The molecule has 0 aliphatic heterocycles. The molecule has 102 valence electrons. The third kappa shape index (κ3) is 4.62. The number of nitrogens with one attached hydrogen (secondary N) is 1. The fraction of sp³-hybridized carbons (Fsp3) is 0.500. The summed E-state index contributed by atoms with van der Waals surface area (Å²) in [7, 11) is 0. The van der Waals surface area contributed by atoms with Crippen LogP contribution in [0.4, 0.5) is 17.6 Å². The Morgan fingerprint density at radius 2 is 1.78 bits per heavy atom. The summed E-state index contributed by atoms with van der Waals surface area (Å²) < 4.78 is 49.3. The Morgan fingerprint density at radius 1 is 1.17 bits per heavy atom. The van der Waals surface area contributed by atoms with Crippen LogP contribution in [0.2, 0.25) is 0 Å². The average molecular weight is 265 g/mol. The predicted octanol–water partition coefficient (Wildman–Crippen LogP) is 2.08. The lowest BCUT2D eigenvalue weighted by Gasteiger charge is -2.21. The van der Waals surface area contributed by atoms with Crippen molar-refractivity contribution in [2.75, 3.05) is 13.2 Å². The molecule has 1 atom stereocenters. The fourth-order valence-electron chi connectivity index (χ4n) is 1.46. The van der Waals surface area contributed by atoms with E-state index in [9.17, 15) is 17.6 Å². The third-order valence-electron chi connectivity index (χ3n) is 2.49. The highest BCUT2D eigenvalue weighted by Gasteiger charge is 2.40. The molecule has 1 unspecified atom stereocenters. The molecule has 1 aromatic rings. The lowest BCUT2D eigenvalue weighted by Crippen LogP contribution is -2.45. The molecule has 0 heterocycles. The number of aliphatic hydroxyl groups is 1. The highest BCUT2D eigenvalue weighted by Crippen LogP contribution is 2.21. The van der Waals surface area contributed by atoms with Crippen molar-refractivity contribution in [3.63, 3.8) is 0 Å². The maximum absolute atomic E-state index is 12.7. The van der Waals surface area contributed by atoms with Crippen LogP contribution in [-0.4, -0.2) is 36.6 Å². The number of aliphatic hydroxyl groups excluding tert-OH is 1. The van der Waals surface area contributed by atoms with Crippen molar-refractivity contribution in [1.29, 1.82) is 0 Å². The zero-order valence-electron chi connectivity index (χ0n) is 9.62. The van der Waals surface area contributed by atoms with Gasteiger partial charge in [-0.2, -0.15) is 8.78 Å². The van der Waals surface area contributed by atoms with E-state index in [1.54, 1.807) is 30.3 Å². The van der Waals surface area contributed by atoms with Gasteiger partial charge in [-0.15, -0.1) is 0 Å². The lowest BCUT2D eigenvalue weighted by molar-refractivity contribution is -0.126. The summed E-state index contributed by atoms with van der Waals surface area (Å²) in [5.41, 5.74) is 0.837. The summed E-state index contributed by atoms with van der Waals surface area (Å²) in [6, 6.07) is 8.23. The molecular formula is C12H15F4NO. The number of hydrogen-bond donors (Lipinski definition) is 2. The third-order valence-corrected chi connectivity index (χ3v) is 2.49. The SMILES string of the molecule is OCC(Cc1ccccc1)NCC(F)(F)C(F)F. The van der Waals surface area contributed by atoms with E-state index >= 15 is 0 Å². The molecule has 0 aliphatic rings. The first kappa shape index (κ1) is 14.9. The van der Waals surface area contributed by atoms with Crippen LogP contribution in [0.1, 0.15) is 5.56 Å². The van der Waals surface area contributed by atoms with Crippen molar-refractivity contribution >= 4 is 0 Å². The zero-order chi connectivity index (χ0) is 13.6. The van der Waals surface area contributed by atoms with Gasteiger partial charge in [0.25, 0.3) is 0 Å². The molecule has 2 N–H and O–H groups in total. The van der Waals surface area contributed by atoms with Gasteiger partial charge in [0.15, 0.2) is 0 Å². The smallest absolute Gasteiger partial charge is 0.319 e. The molecule has 0 amide bonds. The number of rotatable bonds is 7. The summed E-state index contributed by atoms with van der Waals surface area (Å²) >= 11 is 0. The maximum Gasteiger partial charge on any atom is 0.319 e. The van der Waals surface area contributed by atoms with Gasteiger partial charge < -0.3 is 10.4 Å². The predicted molar refractivity (Wildman–Crippen MR) is 60.0 cm³/mol. The Labute approximate surface area is 103 Å². The van der Waals surface area contributed by atoms with Gasteiger partial charge >= 0.3 is 12.3 Å². The molecule has 0 fully saturated rings. The minimum Gasteiger partial charge on any atom is -0.395 e. The van der Waals surface area contributed by atoms with Gasteiger partial charge in [-0.25, -0.2) is 8.78 Å². The van der Waals surface area contributed by atoms with Crippen LogP contribution in [0.25, 0.3) is 0 Å². The standard InChI is InChI=1S/C12H15F4NO/c13-11(14)12(15,16)8-17-10(7-18)6-9-4-2-1-3-5-9/h1-5,10-11,17-18H,6-8H2. The molecule has 0 radical (unpaired) electrons. The Balaban J connectivity index is 2.48. The van der Waals surface area contributed by atoms with Gasteiger partial charge in [0.2, 0.25) is 0 Å². The van der Waals surface area contributed by atoms with Crippen molar-refractivity contribution in [2.45, 2.75) is 24.8 Å². The number of benzene rings is 1. The van der Waals surface area contributed by atoms with Crippen LogP contribution in [0.5, 0.6) is 0 Å². The molecule has 6 heteroatoms. The van der Waals surface area contributed by atoms with Crippen LogP contribution in [-0.2, 0) is 6.42 Å². The molecule has 0 saturated heterocycles. The Bertz CT molecular complexity index is 345. The van der Waals surface area contributed by atoms with E-state index in [0.29, 0.717) is 6.42 Å². The van der Waals surface area contributed by atoms with Gasteiger partial charge in [0.1, 0.15) is 0 Å². The quantitative estimate of drug-likeness (QED) is 0.740. The van der Waals surface area contributed by atoms with E-state index in [1.807, 2.05) is 0 Å². The van der Waals surface area contributed by atoms with Gasteiger partial charge in [-0.05, 0) is 12.0 Å². The van der Waals surface area contributed by atoms with E-state index in [2.05, 4.69) is 5.32 Å². The van der Waals surface area contributed by atoms with Gasteiger partial charge in [0.05, 0.1) is 13.2 Å². The summed E-state index contributed by atoms with van der Waals surface area (Å²) in [6.45, 7) is -1.54. The number of alkyl halides is 4. The second kappa shape index (κ2) is 6.70. The second-order valence-corrected chi connectivity index (χ2v) is 4.01. The summed E-state index contributed by atoms with van der Waals surface area (Å²) in [5, 5.41) is 11.3. The number of halogens is 4. The van der Waals surface area contributed by atoms with Crippen molar-refractivity contribution in [3.05, 3.63) is 35.9 Å². The Kier molecular flexibility index (Phi) is 5.55.